The molecule has 0 saturated heterocycles. The zero-order chi connectivity index (χ0) is 10.8. The van der Waals surface area contributed by atoms with Gasteiger partial charge in [-0.25, -0.2) is 13.6 Å². The number of aryl methyl sites for hydroxylation is 2. The van der Waals surface area contributed by atoms with Crippen molar-refractivity contribution in [2.24, 2.45) is 5.14 Å². The highest BCUT2D eigenvalue weighted by atomic mass is 32.2. The van der Waals surface area contributed by atoms with Crippen LogP contribution in [0.5, 0.6) is 0 Å². The smallest absolute Gasteiger partial charge is 0.225 e. The Hall–Kier alpha value is -0.870. The first-order valence-corrected chi connectivity index (χ1v) is 6.17. The fourth-order valence-electron chi connectivity index (χ4n) is 1.30. The summed E-state index contributed by atoms with van der Waals surface area (Å²) < 4.78 is 22.3. The van der Waals surface area contributed by atoms with Crippen LogP contribution in [0.4, 0.5) is 0 Å². The van der Waals surface area contributed by atoms with Crippen molar-refractivity contribution in [2.75, 3.05) is 0 Å². The van der Waals surface area contributed by atoms with Crippen molar-refractivity contribution in [3.8, 4) is 0 Å². The van der Waals surface area contributed by atoms with Crippen molar-refractivity contribution >= 4 is 10.0 Å². The molecule has 0 saturated carbocycles. The Balaban J connectivity index is 3.32. The standard InChI is InChI=1S/C10H15NO2S/c1-3-8-5-9(4-2)7-10(6-8)14(11,12)13/h5-7H,3-4H2,1-2H3,(H2,11,12,13). The molecule has 0 amide bonds. The predicted octanol–water partition coefficient (Wildman–Crippen LogP) is 1.46. The highest BCUT2D eigenvalue weighted by Crippen LogP contribution is 2.15. The van der Waals surface area contributed by atoms with Gasteiger partial charge in [0.25, 0.3) is 0 Å². The van der Waals surface area contributed by atoms with E-state index in [2.05, 4.69) is 0 Å². The first-order chi connectivity index (χ1) is 6.47. The summed E-state index contributed by atoms with van der Waals surface area (Å²) in [6.45, 7) is 3.98. The van der Waals surface area contributed by atoms with E-state index in [4.69, 9.17) is 5.14 Å². The van der Waals surface area contributed by atoms with Gasteiger partial charge in [0, 0.05) is 0 Å². The Kier molecular flexibility index (Phi) is 3.29. The largest absolute Gasteiger partial charge is 0.238 e. The summed E-state index contributed by atoms with van der Waals surface area (Å²) >= 11 is 0. The Morgan fingerprint density at radius 1 is 1.07 bits per heavy atom. The van der Waals surface area contributed by atoms with Gasteiger partial charge in [0.2, 0.25) is 10.0 Å². The molecule has 0 fully saturated rings. The van der Waals surface area contributed by atoms with Crippen LogP contribution < -0.4 is 5.14 Å². The minimum Gasteiger partial charge on any atom is -0.225 e. The van der Waals surface area contributed by atoms with E-state index in [9.17, 15) is 8.42 Å². The van der Waals surface area contributed by atoms with E-state index in [1.807, 2.05) is 19.9 Å². The predicted molar refractivity (Wildman–Crippen MR) is 56.6 cm³/mol. The second kappa shape index (κ2) is 4.11. The van der Waals surface area contributed by atoms with Crippen molar-refractivity contribution in [1.29, 1.82) is 0 Å². The van der Waals surface area contributed by atoms with Crippen LogP contribution in [-0.4, -0.2) is 8.42 Å². The van der Waals surface area contributed by atoms with Crippen molar-refractivity contribution in [3.05, 3.63) is 29.3 Å². The van der Waals surface area contributed by atoms with Crippen LogP contribution in [0.25, 0.3) is 0 Å². The van der Waals surface area contributed by atoms with Crippen molar-refractivity contribution in [2.45, 2.75) is 31.6 Å². The van der Waals surface area contributed by atoms with Crippen LogP contribution in [0.1, 0.15) is 25.0 Å². The molecule has 0 radical (unpaired) electrons. The van der Waals surface area contributed by atoms with Gasteiger partial charge < -0.3 is 0 Å². The lowest BCUT2D eigenvalue weighted by atomic mass is 10.1. The number of nitrogens with two attached hydrogens (primary N) is 1. The topological polar surface area (TPSA) is 60.2 Å². The van der Waals surface area contributed by atoms with Gasteiger partial charge in [-0.2, -0.15) is 0 Å². The van der Waals surface area contributed by atoms with Gasteiger partial charge in [0.05, 0.1) is 4.90 Å². The molecule has 0 bridgehead atoms. The third kappa shape index (κ3) is 2.56. The quantitative estimate of drug-likeness (QED) is 0.826. The third-order valence-corrected chi connectivity index (χ3v) is 3.06. The van der Waals surface area contributed by atoms with E-state index in [0.29, 0.717) is 0 Å². The maximum Gasteiger partial charge on any atom is 0.238 e. The molecular formula is C10H15NO2S. The first kappa shape index (κ1) is 11.2. The molecule has 0 aliphatic rings. The van der Waals surface area contributed by atoms with Gasteiger partial charge in [-0.05, 0) is 36.1 Å². The van der Waals surface area contributed by atoms with Crippen molar-refractivity contribution < 1.29 is 8.42 Å². The van der Waals surface area contributed by atoms with Gasteiger partial charge in [0.1, 0.15) is 0 Å². The number of hydrogen-bond acceptors (Lipinski definition) is 2. The van der Waals surface area contributed by atoms with Crippen LogP contribution in [0.2, 0.25) is 0 Å². The number of hydrogen-bond donors (Lipinski definition) is 1. The maximum absolute atomic E-state index is 11.1. The monoisotopic (exact) mass is 213 g/mol. The summed E-state index contributed by atoms with van der Waals surface area (Å²) in [4.78, 5) is 0.216. The van der Waals surface area contributed by atoms with Crippen LogP contribution in [0.3, 0.4) is 0 Å². The van der Waals surface area contributed by atoms with E-state index in [1.165, 1.54) is 0 Å². The number of primary sulfonamides is 1. The average molecular weight is 213 g/mol. The summed E-state index contributed by atoms with van der Waals surface area (Å²) in [6, 6.07) is 5.28. The summed E-state index contributed by atoms with van der Waals surface area (Å²) in [5, 5.41) is 5.08. The molecule has 3 nitrogen and oxygen atoms in total. The lowest BCUT2D eigenvalue weighted by Crippen LogP contribution is -2.12. The van der Waals surface area contributed by atoms with Gasteiger partial charge in [-0.3, -0.25) is 0 Å². The second-order valence-electron chi connectivity index (χ2n) is 3.24. The van der Waals surface area contributed by atoms with Gasteiger partial charge in [-0.15, -0.1) is 0 Å². The molecular weight excluding hydrogens is 198 g/mol. The third-order valence-electron chi connectivity index (χ3n) is 2.17. The molecule has 0 aliphatic heterocycles. The van der Waals surface area contributed by atoms with Crippen LogP contribution in [0.15, 0.2) is 23.1 Å². The first-order valence-electron chi connectivity index (χ1n) is 4.63. The van der Waals surface area contributed by atoms with E-state index < -0.39 is 10.0 Å². The zero-order valence-electron chi connectivity index (χ0n) is 8.45. The molecule has 14 heavy (non-hydrogen) atoms. The lowest BCUT2D eigenvalue weighted by Gasteiger charge is -2.05. The summed E-state index contributed by atoms with van der Waals surface area (Å²) in [5.41, 5.74) is 2.02. The molecule has 78 valence electrons. The Morgan fingerprint density at radius 2 is 1.50 bits per heavy atom. The molecule has 0 heterocycles. The fraction of sp³-hybridized carbons (Fsp3) is 0.400. The minimum absolute atomic E-state index is 0.216. The molecule has 1 aromatic carbocycles. The number of rotatable bonds is 3. The minimum atomic E-state index is -3.57. The fourth-order valence-corrected chi connectivity index (χ4v) is 1.93. The maximum atomic E-state index is 11.1. The van der Waals surface area contributed by atoms with Crippen LogP contribution >= 0.6 is 0 Å². The summed E-state index contributed by atoms with van der Waals surface area (Å²) in [6.07, 6.45) is 1.63. The van der Waals surface area contributed by atoms with Gasteiger partial charge >= 0.3 is 0 Å². The van der Waals surface area contributed by atoms with E-state index in [1.54, 1.807) is 12.1 Å². The molecule has 0 unspecified atom stereocenters. The molecule has 0 aliphatic carbocycles. The average Bonchev–Trinajstić information content (AvgIpc) is 2.15. The summed E-state index contributed by atoms with van der Waals surface area (Å²) in [7, 11) is -3.57. The van der Waals surface area contributed by atoms with Crippen LogP contribution in [-0.2, 0) is 22.9 Å². The number of benzene rings is 1. The van der Waals surface area contributed by atoms with Crippen molar-refractivity contribution in [1.82, 2.24) is 0 Å². The Morgan fingerprint density at radius 3 is 1.79 bits per heavy atom. The molecule has 4 heteroatoms. The summed E-state index contributed by atoms with van der Waals surface area (Å²) in [5.74, 6) is 0. The highest BCUT2D eigenvalue weighted by molar-refractivity contribution is 7.89. The highest BCUT2D eigenvalue weighted by Gasteiger charge is 2.09. The second-order valence-corrected chi connectivity index (χ2v) is 4.80. The Bertz CT molecular complexity index is 401. The molecule has 0 aromatic heterocycles. The van der Waals surface area contributed by atoms with Gasteiger partial charge in [0.15, 0.2) is 0 Å². The molecule has 1 aromatic rings. The van der Waals surface area contributed by atoms with E-state index in [0.717, 1.165) is 24.0 Å². The lowest BCUT2D eigenvalue weighted by molar-refractivity contribution is 0.597. The molecule has 0 atom stereocenters. The molecule has 1 rings (SSSR count). The SMILES string of the molecule is CCc1cc(CC)cc(S(N)(=O)=O)c1. The number of sulfonamides is 1. The van der Waals surface area contributed by atoms with Crippen LogP contribution in [0, 0.1) is 0 Å². The molecule has 2 N–H and O–H groups in total. The zero-order valence-corrected chi connectivity index (χ0v) is 9.26. The molecule has 0 spiro atoms. The Labute approximate surface area is 85.0 Å². The van der Waals surface area contributed by atoms with E-state index in [-0.39, 0.29) is 4.90 Å². The van der Waals surface area contributed by atoms with Gasteiger partial charge in [-0.1, -0.05) is 19.9 Å². The normalized spacial score (nSPS) is 11.6. The van der Waals surface area contributed by atoms with E-state index >= 15 is 0 Å². The van der Waals surface area contributed by atoms with Crippen molar-refractivity contribution in [3.63, 3.8) is 0 Å².